The van der Waals surface area contributed by atoms with Crippen molar-refractivity contribution in [2.24, 2.45) is 0 Å². The second kappa shape index (κ2) is 6.85. The number of benzene rings is 1. The van der Waals surface area contributed by atoms with Gasteiger partial charge >= 0.3 is 5.97 Å². The molecule has 0 aliphatic heterocycles. The first kappa shape index (κ1) is 15.7. The molecular weight excluding hydrogens is 341 g/mol. The molecule has 21 heavy (non-hydrogen) atoms. The smallest absolute Gasteiger partial charge is 0.343 e. The molecule has 1 fully saturated rings. The molecule has 0 atom stereocenters. The number of carbonyl (C=O) groups excluding carboxylic acids is 2. The summed E-state index contributed by atoms with van der Waals surface area (Å²) in [5.74, 6) is -2.12. The third-order valence-electron chi connectivity index (χ3n) is 2.96. The minimum absolute atomic E-state index is 0.149. The zero-order chi connectivity index (χ0) is 15.4. The van der Waals surface area contributed by atoms with E-state index in [-0.39, 0.29) is 23.8 Å². The highest BCUT2D eigenvalue weighted by Crippen LogP contribution is 2.21. The molecule has 0 bridgehead atoms. The molecule has 4 nitrogen and oxygen atoms in total. The zero-order valence-corrected chi connectivity index (χ0v) is 13.1. The van der Waals surface area contributed by atoms with Crippen molar-refractivity contribution in [1.82, 2.24) is 5.32 Å². The molecule has 0 radical (unpaired) electrons. The summed E-state index contributed by atoms with van der Waals surface area (Å²) in [6, 6.07) is 4.35. The molecule has 1 aromatic rings. The van der Waals surface area contributed by atoms with E-state index < -0.39 is 17.6 Å². The van der Waals surface area contributed by atoms with E-state index >= 15 is 0 Å². The SMILES string of the molecule is CCOC(=O)/C(=C\NC1CC1)C(=O)c1ccc(Br)cc1F. The van der Waals surface area contributed by atoms with E-state index in [4.69, 9.17) is 4.74 Å². The molecule has 1 N–H and O–H groups in total. The minimum atomic E-state index is -0.752. The molecule has 1 aromatic carbocycles. The molecular formula is C15H15BrFNO3. The van der Waals surface area contributed by atoms with Crippen molar-refractivity contribution in [2.45, 2.75) is 25.8 Å². The van der Waals surface area contributed by atoms with Crippen molar-refractivity contribution >= 4 is 27.7 Å². The molecule has 0 spiro atoms. The number of hydrogen-bond acceptors (Lipinski definition) is 4. The van der Waals surface area contributed by atoms with Gasteiger partial charge in [-0.3, -0.25) is 4.79 Å². The lowest BCUT2D eigenvalue weighted by Crippen LogP contribution is -2.21. The summed E-state index contributed by atoms with van der Waals surface area (Å²) in [5, 5.41) is 2.96. The maximum absolute atomic E-state index is 13.9. The Hall–Kier alpha value is -1.69. The second-order valence-corrected chi connectivity index (χ2v) is 5.59. The summed E-state index contributed by atoms with van der Waals surface area (Å²) in [5.41, 5.74) is -0.347. The van der Waals surface area contributed by atoms with Gasteiger partial charge in [-0.2, -0.15) is 0 Å². The summed E-state index contributed by atoms with van der Waals surface area (Å²) in [6.07, 6.45) is 3.32. The van der Waals surface area contributed by atoms with Crippen LogP contribution in [0.4, 0.5) is 4.39 Å². The Morgan fingerprint density at radius 2 is 2.19 bits per heavy atom. The van der Waals surface area contributed by atoms with Crippen molar-refractivity contribution in [3.63, 3.8) is 0 Å². The maximum atomic E-state index is 13.9. The van der Waals surface area contributed by atoms with E-state index in [1.165, 1.54) is 18.3 Å². The van der Waals surface area contributed by atoms with Crippen molar-refractivity contribution < 1.29 is 18.7 Å². The highest BCUT2D eigenvalue weighted by Gasteiger charge is 2.26. The van der Waals surface area contributed by atoms with E-state index in [9.17, 15) is 14.0 Å². The van der Waals surface area contributed by atoms with Crippen LogP contribution in [0.5, 0.6) is 0 Å². The molecule has 0 unspecified atom stereocenters. The number of ketones is 1. The van der Waals surface area contributed by atoms with E-state index in [1.807, 2.05) is 0 Å². The zero-order valence-electron chi connectivity index (χ0n) is 11.5. The van der Waals surface area contributed by atoms with Gasteiger partial charge in [0.1, 0.15) is 11.4 Å². The first-order chi connectivity index (χ1) is 10.0. The van der Waals surface area contributed by atoms with E-state index in [1.54, 1.807) is 13.0 Å². The van der Waals surface area contributed by atoms with Crippen LogP contribution in [0.2, 0.25) is 0 Å². The van der Waals surface area contributed by atoms with E-state index in [0.717, 1.165) is 12.8 Å². The Balaban J connectivity index is 2.27. The predicted molar refractivity (Wildman–Crippen MR) is 79.3 cm³/mol. The largest absolute Gasteiger partial charge is 0.462 e. The van der Waals surface area contributed by atoms with Gasteiger partial charge in [-0.15, -0.1) is 0 Å². The quantitative estimate of drug-likeness (QED) is 0.280. The lowest BCUT2D eigenvalue weighted by Gasteiger charge is -2.08. The van der Waals surface area contributed by atoms with Gasteiger partial charge < -0.3 is 10.1 Å². The molecule has 1 saturated carbocycles. The summed E-state index contributed by atoms with van der Waals surface area (Å²) in [7, 11) is 0. The van der Waals surface area contributed by atoms with Gasteiger partial charge in [-0.25, -0.2) is 9.18 Å². The minimum Gasteiger partial charge on any atom is -0.462 e. The standard InChI is InChI=1S/C15H15BrFNO3/c1-2-21-15(20)12(8-18-10-4-5-10)14(19)11-6-3-9(16)7-13(11)17/h3,6-8,10,18H,2,4-5H2,1H3/b12-8-. The molecule has 0 saturated heterocycles. The van der Waals surface area contributed by atoms with Gasteiger partial charge in [0.25, 0.3) is 0 Å². The number of halogens is 2. The number of rotatable bonds is 6. The molecule has 6 heteroatoms. The third-order valence-corrected chi connectivity index (χ3v) is 3.45. The number of ether oxygens (including phenoxy) is 1. The van der Waals surface area contributed by atoms with Gasteiger partial charge in [0.2, 0.25) is 5.78 Å². The van der Waals surface area contributed by atoms with E-state index in [0.29, 0.717) is 4.47 Å². The van der Waals surface area contributed by atoms with Gasteiger partial charge in [-0.05, 0) is 38.0 Å². The Morgan fingerprint density at radius 3 is 2.76 bits per heavy atom. The monoisotopic (exact) mass is 355 g/mol. The van der Waals surface area contributed by atoms with Gasteiger partial charge in [-0.1, -0.05) is 15.9 Å². The number of Topliss-reactive ketones (excluding diaryl/α,β-unsaturated/α-hetero) is 1. The van der Waals surface area contributed by atoms with Crippen LogP contribution in [-0.2, 0) is 9.53 Å². The highest BCUT2D eigenvalue weighted by atomic mass is 79.9. The van der Waals surface area contributed by atoms with Crippen LogP contribution in [0, 0.1) is 5.82 Å². The molecule has 0 heterocycles. The van der Waals surface area contributed by atoms with Gasteiger partial charge in [0.15, 0.2) is 0 Å². The normalized spacial score (nSPS) is 14.7. The second-order valence-electron chi connectivity index (χ2n) is 4.67. The highest BCUT2D eigenvalue weighted by molar-refractivity contribution is 9.10. The van der Waals surface area contributed by atoms with Crippen molar-refractivity contribution in [2.75, 3.05) is 6.61 Å². The number of esters is 1. The molecule has 0 aromatic heterocycles. The lowest BCUT2D eigenvalue weighted by atomic mass is 10.0. The van der Waals surface area contributed by atoms with Crippen LogP contribution >= 0.6 is 15.9 Å². The summed E-state index contributed by atoms with van der Waals surface area (Å²) in [4.78, 5) is 24.2. The summed E-state index contributed by atoms with van der Waals surface area (Å²) < 4.78 is 19.3. The van der Waals surface area contributed by atoms with Gasteiger partial charge in [0.05, 0.1) is 12.2 Å². The van der Waals surface area contributed by atoms with Crippen LogP contribution in [0.3, 0.4) is 0 Å². The lowest BCUT2D eigenvalue weighted by molar-refractivity contribution is -0.138. The fourth-order valence-corrected chi connectivity index (χ4v) is 2.03. The Morgan fingerprint density at radius 1 is 1.48 bits per heavy atom. The molecule has 112 valence electrons. The Labute approximate surface area is 130 Å². The van der Waals surface area contributed by atoms with Crippen molar-refractivity contribution in [3.8, 4) is 0 Å². The molecule has 0 amide bonds. The number of carbonyl (C=O) groups is 2. The van der Waals surface area contributed by atoms with Crippen molar-refractivity contribution in [3.05, 3.63) is 45.8 Å². The average Bonchev–Trinajstić information content (AvgIpc) is 3.23. The summed E-state index contributed by atoms with van der Waals surface area (Å²) in [6.45, 7) is 1.80. The fraction of sp³-hybridized carbons (Fsp3) is 0.333. The molecule has 2 rings (SSSR count). The van der Waals surface area contributed by atoms with E-state index in [2.05, 4.69) is 21.2 Å². The van der Waals surface area contributed by atoms with Crippen LogP contribution in [0.25, 0.3) is 0 Å². The Bertz CT molecular complexity index is 597. The summed E-state index contributed by atoms with van der Waals surface area (Å²) >= 11 is 3.12. The van der Waals surface area contributed by atoms with Crippen LogP contribution in [0.1, 0.15) is 30.1 Å². The average molecular weight is 356 g/mol. The third kappa shape index (κ3) is 4.14. The van der Waals surface area contributed by atoms with Crippen LogP contribution in [0.15, 0.2) is 34.4 Å². The topological polar surface area (TPSA) is 55.4 Å². The molecule has 1 aliphatic rings. The number of nitrogens with one attached hydrogen (secondary N) is 1. The first-order valence-corrected chi connectivity index (χ1v) is 7.45. The predicted octanol–water partition coefficient (Wildman–Crippen LogP) is 2.97. The first-order valence-electron chi connectivity index (χ1n) is 6.66. The fourth-order valence-electron chi connectivity index (χ4n) is 1.70. The molecule has 1 aliphatic carbocycles. The van der Waals surface area contributed by atoms with Crippen LogP contribution < -0.4 is 5.32 Å². The Kier molecular flexibility index (Phi) is 5.12. The van der Waals surface area contributed by atoms with Crippen molar-refractivity contribution in [1.29, 1.82) is 0 Å². The maximum Gasteiger partial charge on any atom is 0.343 e. The van der Waals surface area contributed by atoms with Crippen LogP contribution in [-0.4, -0.2) is 24.4 Å². The van der Waals surface area contributed by atoms with Gasteiger partial charge in [0, 0.05) is 16.7 Å². The number of hydrogen-bond donors (Lipinski definition) is 1.